The largest absolute Gasteiger partial charge is 0.396 e. The van der Waals surface area contributed by atoms with Gasteiger partial charge in [-0.3, -0.25) is 0 Å². The lowest BCUT2D eigenvalue weighted by Crippen LogP contribution is -1.88. The first-order chi connectivity index (χ1) is 7.51. The van der Waals surface area contributed by atoms with Crippen molar-refractivity contribution in [3.63, 3.8) is 0 Å². The number of benzene rings is 1. The molecule has 0 bridgehead atoms. The maximum atomic E-state index is 8.74. The number of hydrogen-bond donors (Lipinski definition) is 2. The van der Waals surface area contributed by atoms with Crippen LogP contribution in [0, 0.1) is 0 Å². The van der Waals surface area contributed by atoms with Crippen molar-refractivity contribution in [2.75, 3.05) is 7.11 Å². The molecular formula is C9H12NO4PS. The van der Waals surface area contributed by atoms with Gasteiger partial charge >= 0.3 is 6.72 Å². The normalized spacial score (nSPS) is 11.9. The van der Waals surface area contributed by atoms with Crippen molar-refractivity contribution in [1.82, 2.24) is 0 Å². The van der Waals surface area contributed by atoms with Crippen molar-refractivity contribution in [3.8, 4) is 0 Å². The molecule has 0 aliphatic heterocycles. The molecule has 7 heteroatoms. The summed E-state index contributed by atoms with van der Waals surface area (Å²) in [6.07, 6.45) is 1.35. The van der Waals surface area contributed by atoms with Crippen molar-refractivity contribution in [1.29, 1.82) is 0 Å². The Morgan fingerprint density at radius 3 is 2.50 bits per heavy atom. The maximum absolute atomic E-state index is 8.74. The Bertz CT molecular complexity index is 400. The fourth-order valence-electron chi connectivity index (χ4n) is 1.01. The predicted octanol–water partition coefficient (Wildman–Crippen LogP) is 1.39. The quantitative estimate of drug-likeness (QED) is 0.476. The van der Waals surface area contributed by atoms with E-state index in [9.17, 15) is 0 Å². The van der Waals surface area contributed by atoms with Crippen molar-refractivity contribution in [2.45, 2.75) is 6.61 Å². The highest BCUT2D eigenvalue weighted by atomic mass is 32.5. The molecule has 0 saturated carbocycles. The summed E-state index contributed by atoms with van der Waals surface area (Å²) < 4.78 is 9.25. The molecule has 0 aliphatic carbocycles. The van der Waals surface area contributed by atoms with E-state index >= 15 is 0 Å². The molecule has 0 aliphatic rings. The van der Waals surface area contributed by atoms with Crippen LogP contribution in [0.15, 0.2) is 29.4 Å². The SMILES string of the molecule is COCc1ccc(C=NOP(O)(O)=S)cc1. The molecule has 0 fully saturated rings. The number of rotatable bonds is 5. The smallest absolute Gasteiger partial charge is 0.380 e. The van der Waals surface area contributed by atoms with Gasteiger partial charge in [-0.05, 0) is 11.1 Å². The van der Waals surface area contributed by atoms with Gasteiger partial charge < -0.3 is 19.1 Å². The Balaban J connectivity index is 2.58. The van der Waals surface area contributed by atoms with Gasteiger partial charge in [0.15, 0.2) is 0 Å². The number of oxime groups is 1. The summed E-state index contributed by atoms with van der Waals surface area (Å²) in [5, 5.41) is 3.38. The summed E-state index contributed by atoms with van der Waals surface area (Å²) in [5.41, 5.74) is 1.80. The van der Waals surface area contributed by atoms with E-state index in [4.69, 9.17) is 14.5 Å². The maximum Gasteiger partial charge on any atom is 0.396 e. The van der Waals surface area contributed by atoms with E-state index in [-0.39, 0.29) is 0 Å². The zero-order chi connectivity index (χ0) is 12.0. The molecule has 0 amide bonds. The van der Waals surface area contributed by atoms with E-state index in [0.29, 0.717) is 6.61 Å². The Morgan fingerprint density at radius 2 is 2.00 bits per heavy atom. The van der Waals surface area contributed by atoms with Crippen LogP contribution in [0.5, 0.6) is 0 Å². The highest BCUT2D eigenvalue weighted by Crippen LogP contribution is 2.36. The molecule has 0 saturated heterocycles. The number of hydrogen-bond acceptors (Lipinski definition) is 4. The molecule has 16 heavy (non-hydrogen) atoms. The van der Waals surface area contributed by atoms with E-state index < -0.39 is 6.72 Å². The van der Waals surface area contributed by atoms with Crippen LogP contribution in [0.25, 0.3) is 0 Å². The fraction of sp³-hybridized carbons (Fsp3) is 0.222. The van der Waals surface area contributed by atoms with E-state index in [1.165, 1.54) is 6.21 Å². The second-order valence-corrected chi connectivity index (χ2v) is 5.55. The monoisotopic (exact) mass is 261 g/mol. The van der Waals surface area contributed by atoms with E-state index in [2.05, 4.69) is 21.6 Å². The third kappa shape index (κ3) is 5.34. The minimum absolute atomic E-state index is 0.544. The van der Waals surface area contributed by atoms with Gasteiger partial charge in [-0.25, -0.2) is 0 Å². The van der Waals surface area contributed by atoms with E-state index in [0.717, 1.165) is 11.1 Å². The molecular weight excluding hydrogens is 249 g/mol. The van der Waals surface area contributed by atoms with Crippen molar-refractivity contribution in [2.24, 2.45) is 5.16 Å². The van der Waals surface area contributed by atoms with E-state index in [1.807, 2.05) is 12.1 Å². The summed E-state index contributed by atoms with van der Waals surface area (Å²) in [6.45, 7) is -3.16. The van der Waals surface area contributed by atoms with Gasteiger partial charge in [-0.1, -0.05) is 29.4 Å². The molecule has 0 unspecified atom stereocenters. The summed E-state index contributed by atoms with van der Waals surface area (Å²) in [7, 11) is 1.62. The zero-order valence-electron chi connectivity index (χ0n) is 8.61. The molecule has 88 valence electrons. The van der Waals surface area contributed by atoms with Crippen LogP contribution in [-0.2, 0) is 27.8 Å². The number of methoxy groups -OCH3 is 1. The Morgan fingerprint density at radius 1 is 1.38 bits per heavy atom. The Labute approximate surface area is 98.6 Å². The van der Waals surface area contributed by atoms with Crippen LogP contribution in [0.3, 0.4) is 0 Å². The van der Waals surface area contributed by atoms with Crippen LogP contribution in [0.1, 0.15) is 11.1 Å². The highest BCUT2D eigenvalue weighted by molar-refractivity contribution is 8.06. The first kappa shape index (κ1) is 13.3. The molecule has 0 radical (unpaired) electrons. The van der Waals surface area contributed by atoms with Gasteiger partial charge in [-0.15, -0.1) is 0 Å². The average molecular weight is 261 g/mol. The van der Waals surface area contributed by atoms with Crippen molar-refractivity contribution >= 4 is 24.7 Å². The third-order valence-corrected chi connectivity index (χ3v) is 2.15. The third-order valence-electron chi connectivity index (χ3n) is 1.65. The molecule has 0 heterocycles. The van der Waals surface area contributed by atoms with Gasteiger partial charge in [0.25, 0.3) is 0 Å². The van der Waals surface area contributed by atoms with Crippen LogP contribution >= 0.6 is 6.72 Å². The topological polar surface area (TPSA) is 71.3 Å². The predicted molar refractivity (Wildman–Crippen MR) is 64.6 cm³/mol. The molecule has 0 aromatic heterocycles. The van der Waals surface area contributed by atoms with Crippen LogP contribution in [-0.4, -0.2) is 23.1 Å². The lowest BCUT2D eigenvalue weighted by atomic mass is 10.1. The first-order valence-electron chi connectivity index (χ1n) is 4.37. The minimum Gasteiger partial charge on any atom is -0.380 e. The van der Waals surface area contributed by atoms with Gasteiger partial charge in [0, 0.05) is 18.9 Å². The van der Waals surface area contributed by atoms with Crippen molar-refractivity contribution in [3.05, 3.63) is 35.4 Å². The number of nitrogens with zero attached hydrogens (tertiary/aromatic N) is 1. The van der Waals surface area contributed by atoms with Gasteiger partial charge in [0.2, 0.25) is 0 Å². The summed E-state index contributed by atoms with van der Waals surface area (Å²) in [4.78, 5) is 17.5. The Kier molecular flexibility index (Phi) is 5.05. The van der Waals surface area contributed by atoms with Gasteiger partial charge in [-0.2, -0.15) is 0 Å². The standard InChI is InChI=1S/C9H12NO4PS/c1-13-7-9-4-2-8(3-5-9)6-10-14-15(11,12)16/h2-6H,7H2,1H3,(H2,11,12,16). The Hall–Kier alpha value is -0.780. The van der Waals surface area contributed by atoms with Crippen LogP contribution in [0.4, 0.5) is 0 Å². The molecule has 0 spiro atoms. The summed E-state index contributed by atoms with van der Waals surface area (Å²) in [5.74, 6) is 0. The highest BCUT2D eigenvalue weighted by Gasteiger charge is 2.06. The second-order valence-electron chi connectivity index (χ2n) is 2.98. The van der Waals surface area contributed by atoms with E-state index in [1.54, 1.807) is 19.2 Å². The molecule has 2 N–H and O–H groups in total. The molecule has 5 nitrogen and oxygen atoms in total. The summed E-state index contributed by atoms with van der Waals surface area (Å²) >= 11 is 4.23. The minimum atomic E-state index is -3.71. The molecule has 1 aromatic rings. The van der Waals surface area contributed by atoms with Crippen molar-refractivity contribution < 1.29 is 19.1 Å². The van der Waals surface area contributed by atoms with Crippen LogP contribution < -0.4 is 0 Å². The van der Waals surface area contributed by atoms with Crippen LogP contribution in [0.2, 0.25) is 0 Å². The number of ether oxygens (including phenoxy) is 1. The fourth-order valence-corrected chi connectivity index (χ4v) is 1.30. The van der Waals surface area contributed by atoms with Gasteiger partial charge in [0.1, 0.15) is 0 Å². The molecule has 0 atom stereocenters. The molecule has 1 rings (SSSR count). The first-order valence-corrected chi connectivity index (χ1v) is 6.99. The van der Waals surface area contributed by atoms with Gasteiger partial charge in [0.05, 0.1) is 12.8 Å². The second kappa shape index (κ2) is 6.08. The lowest BCUT2D eigenvalue weighted by molar-refractivity contribution is 0.185. The zero-order valence-corrected chi connectivity index (χ0v) is 10.3. The summed E-state index contributed by atoms with van der Waals surface area (Å²) in [6, 6.07) is 7.36. The average Bonchev–Trinajstić information content (AvgIpc) is 2.19. The molecule has 1 aromatic carbocycles. The lowest BCUT2D eigenvalue weighted by Gasteiger charge is -2.02.